The lowest BCUT2D eigenvalue weighted by molar-refractivity contribution is -0.117. The van der Waals surface area contributed by atoms with Crippen LogP contribution >= 0.6 is 0 Å². The number of piperidine rings is 1. The van der Waals surface area contributed by atoms with Gasteiger partial charge in [-0.15, -0.1) is 10.2 Å². The summed E-state index contributed by atoms with van der Waals surface area (Å²) in [6, 6.07) is 11.8. The molecule has 0 bridgehead atoms. The van der Waals surface area contributed by atoms with Crippen molar-refractivity contribution in [1.82, 2.24) is 24.5 Å². The Kier molecular flexibility index (Phi) is 6.05. The van der Waals surface area contributed by atoms with Crippen molar-refractivity contribution in [1.29, 1.82) is 0 Å². The van der Waals surface area contributed by atoms with Gasteiger partial charge in [0.2, 0.25) is 21.8 Å². The van der Waals surface area contributed by atoms with Crippen LogP contribution in [0.5, 0.6) is 0 Å². The van der Waals surface area contributed by atoms with E-state index < -0.39 is 21.7 Å². The van der Waals surface area contributed by atoms with Crippen LogP contribution in [-0.4, -0.2) is 51.9 Å². The lowest BCUT2D eigenvalue weighted by Gasteiger charge is -2.25. The number of sulfonamides is 1. The summed E-state index contributed by atoms with van der Waals surface area (Å²) in [7, 11) is -3.52. The smallest absolute Gasteiger partial charge is 0.248 e. The average molecular weight is 444 g/mol. The van der Waals surface area contributed by atoms with Gasteiger partial charge >= 0.3 is 0 Å². The fraction of sp³-hybridized carbons (Fsp3) is 0.300. The van der Waals surface area contributed by atoms with Crippen molar-refractivity contribution in [2.75, 3.05) is 18.4 Å². The third-order valence-electron chi connectivity index (χ3n) is 4.91. The molecule has 2 heterocycles. The molecule has 11 heteroatoms. The Balaban J connectivity index is 1.38. The Morgan fingerprint density at radius 2 is 1.81 bits per heavy atom. The fourth-order valence-electron chi connectivity index (χ4n) is 3.35. The molecule has 3 aromatic rings. The maximum atomic E-state index is 13.3. The number of tetrazole rings is 1. The number of carbonyl (C=O) groups excluding carboxylic acids is 1. The van der Waals surface area contributed by atoms with Gasteiger partial charge in [-0.3, -0.25) is 4.79 Å². The summed E-state index contributed by atoms with van der Waals surface area (Å²) < 4.78 is 40.2. The largest absolute Gasteiger partial charge is 0.324 e. The van der Waals surface area contributed by atoms with E-state index in [4.69, 9.17) is 0 Å². The fourth-order valence-corrected chi connectivity index (χ4v) is 4.86. The molecule has 1 aliphatic rings. The second-order valence-electron chi connectivity index (χ2n) is 7.19. The molecular formula is C20H21FN6O3S. The van der Waals surface area contributed by atoms with E-state index in [9.17, 15) is 17.6 Å². The van der Waals surface area contributed by atoms with Crippen molar-refractivity contribution < 1.29 is 17.6 Å². The van der Waals surface area contributed by atoms with Crippen LogP contribution < -0.4 is 5.32 Å². The van der Waals surface area contributed by atoms with Crippen LogP contribution in [0.4, 0.5) is 10.1 Å². The minimum Gasteiger partial charge on any atom is -0.324 e. The predicted molar refractivity (Wildman–Crippen MR) is 111 cm³/mol. The number of benzene rings is 2. The van der Waals surface area contributed by atoms with Gasteiger partial charge in [0.05, 0.1) is 4.90 Å². The van der Waals surface area contributed by atoms with Gasteiger partial charge in [-0.25, -0.2) is 12.8 Å². The first-order valence-corrected chi connectivity index (χ1v) is 11.3. The van der Waals surface area contributed by atoms with Gasteiger partial charge in [0.25, 0.3) is 0 Å². The van der Waals surface area contributed by atoms with Gasteiger partial charge < -0.3 is 5.32 Å². The molecule has 9 nitrogen and oxygen atoms in total. The maximum Gasteiger partial charge on any atom is 0.248 e. The Morgan fingerprint density at radius 1 is 1.06 bits per heavy atom. The van der Waals surface area contributed by atoms with E-state index in [-0.39, 0.29) is 17.3 Å². The molecule has 0 atom stereocenters. The highest BCUT2D eigenvalue weighted by atomic mass is 32.2. The highest BCUT2D eigenvalue weighted by molar-refractivity contribution is 7.89. The third-order valence-corrected chi connectivity index (χ3v) is 6.82. The number of nitrogens with one attached hydrogen (secondary N) is 1. The zero-order chi connectivity index (χ0) is 21.8. The number of carbonyl (C=O) groups is 1. The zero-order valence-electron chi connectivity index (χ0n) is 16.6. The summed E-state index contributed by atoms with van der Waals surface area (Å²) in [6.45, 7) is 0.864. The number of aromatic nitrogens is 4. The van der Waals surface area contributed by atoms with Crippen LogP contribution in [0.2, 0.25) is 0 Å². The van der Waals surface area contributed by atoms with E-state index in [2.05, 4.69) is 20.7 Å². The molecule has 162 valence electrons. The lowest BCUT2D eigenvalue weighted by Crippen LogP contribution is -2.35. The Bertz CT molecular complexity index is 1170. The van der Waals surface area contributed by atoms with E-state index in [1.165, 1.54) is 34.6 Å². The molecule has 1 fully saturated rings. The molecular weight excluding hydrogens is 423 g/mol. The highest BCUT2D eigenvalue weighted by Gasteiger charge is 2.25. The van der Waals surface area contributed by atoms with Crippen molar-refractivity contribution in [3.8, 4) is 11.4 Å². The standard InChI is InChI=1S/C20H21FN6O3S/c21-16-6-4-5-15(13-16)20-23-25-27(24-20)14-19(28)22-17-7-9-18(10-8-17)31(29,30)26-11-2-1-3-12-26/h4-10,13H,1-3,11-12,14H2,(H,22,28). The average Bonchev–Trinajstić information content (AvgIpc) is 3.23. The van der Waals surface area contributed by atoms with E-state index in [1.807, 2.05) is 0 Å². The quantitative estimate of drug-likeness (QED) is 0.625. The number of rotatable bonds is 6. The summed E-state index contributed by atoms with van der Waals surface area (Å²) in [5, 5.41) is 14.4. The van der Waals surface area contributed by atoms with Crippen LogP contribution in [0.25, 0.3) is 11.4 Å². The third kappa shape index (κ3) is 4.94. The highest BCUT2D eigenvalue weighted by Crippen LogP contribution is 2.22. The molecule has 4 rings (SSSR count). The molecule has 0 saturated carbocycles. The topological polar surface area (TPSA) is 110 Å². The van der Waals surface area contributed by atoms with Crippen molar-refractivity contribution in [2.45, 2.75) is 30.7 Å². The van der Waals surface area contributed by atoms with E-state index >= 15 is 0 Å². The molecule has 1 amide bonds. The number of hydrogen-bond donors (Lipinski definition) is 1. The molecule has 1 N–H and O–H groups in total. The van der Waals surface area contributed by atoms with Crippen LogP contribution in [0.15, 0.2) is 53.4 Å². The van der Waals surface area contributed by atoms with Gasteiger partial charge in [-0.2, -0.15) is 9.10 Å². The molecule has 0 radical (unpaired) electrons. The summed E-state index contributed by atoms with van der Waals surface area (Å²) in [5.74, 6) is -0.619. The second kappa shape index (κ2) is 8.90. The molecule has 1 aliphatic heterocycles. The molecule has 31 heavy (non-hydrogen) atoms. The van der Waals surface area contributed by atoms with Crippen LogP contribution in [0.3, 0.4) is 0 Å². The zero-order valence-corrected chi connectivity index (χ0v) is 17.4. The molecule has 0 spiro atoms. The SMILES string of the molecule is O=C(Cn1nnc(-c2cccc(F)c2)n1)Nc1ccc(S(=O)(=O)N2CCCCC2)cc1. The van der Waals surface area contributed by atoms with Gasteiger partial charge in [0, 0.05) is 24.3 Å². The summed E-state index contributed by atoms with van der Waals surface area (Å²) in [6.07, 6.45) is 2.77. The monoisotopic (exact) mass is 444 g/mol. The lowest BCUT2D eigenvalue weighted by atomic mass is 10.2. The van der Waals surface area contributed by atoms with Crippen LogP contribution in [-0.2, 0) is 21.4 Å². The molecule has 1 saturated heterocycles. The molecule has 0 unspecified atom stereocenters. The number of anilines is 1. The summed E-state index contributed by atoms with van der Waals surface area (Å²) >= 11 is 0. The van der Waals surface area contributed by atoms with E-state index in [0.717, 1.165) is 24.1 Å². The van der Waals surface area contributed by atoms with Crippen molar-refractivity contribution in [2.24, 2.45) is 0 Å². The van der Waals surface area contributed by atoms with Crippen molar-refractivity contribution >= 4 is 21.6 Å². The Hall–Kier alpha value is -3.18. The minimum atomic E-state index is -3.52. The number of amides is 1. The van der Waals surface area contributed by atoms with Gasteiger partial charge in [0.1, 0.15) is 12.4 Å². The minimum absolute atomic E-state index is 0.198. The normalized spacial score (nSPS) is 15.0. The second-order valence-corrected chi connectivity index (χ2v) is 9.13. The summed E-state index contributed by atoms with van der Waals surface area (Å²) in [4.78, 5) is 13.6. The van der Waals surface area contributed by atoms with Crippen LogP contribution in [0.1, 0.15) is 19.3 Å². The van der Waals surface area contributed by atoms with Crippen molar-refractivity contribution in [3.63, 3.8) is 0 Å². The number of halogens is 1. The first-order chi connectivity index (χ1) is 14.9. The maximum absolute atomic E-state index is 13.3. The van der Waals surface area contributed by atoms with Gasteiger partial charge in [-0.05, 0) is 54.5 Å². The Morgan fingerprint density at radius 3 is 2.52 bits per heavy atom. The molecule has 2 aromatic carbocycles. The van der Waals surface area contributed by atoms with Gasteiger partial charge in [0.15, 0.2) is 0 Å². The first-order valence-electron chi connectivity index (χ1n) is 9.86. The van der Waals surface area contributed by atoms with Crippen LogP contribution in [0, 0.1) is 5.82 Å². The number of nitrogens with zero attached hydrogens (tertiary/aromatic N) is 5. The Labute approximate surface area is 178 Å². The molecule has 0 aliphatic carbocycles. The predicted octanol–water partition coefficient (Wildman–Crippen LogP) is 2.29. The summed E-state index contributed by atoms with van der Waals surface area (Å²) in [5.41, 5.74) is 0.908. The van der Waals surface area contributed by atoms with Gasteiger partial charge in [-0.1, -0.05) is 18.6 Å². The molecule has 1 aromatic heterocycles. The van der Waals surface area contributed by atoms with E-state index in [0.29, 0.717) is 24.3 Å². The first kappa shape index (κ1) is 21.1. The number of hydrogen-bond acceptors (Lipinski definition) is 6. The van der Waals surface area contributed by atoms with E-state index in [1.54, 1.807) is 18.2 Å². The van der Waals surface area contributed by atoms with Crippen molar-refractivity contribution in [3.05, 3.63) is 54.3 Å².